The number of carbonyl (C=O) groups excluding carboxylic acids is 3. The zero-order valence-electron chi connectivity index (χ0n) is 22.8. The smallest absolute Gasteiger partial charge is 0.410 e. The summed E-state index contributed by atoms with van der Waals surface area (Å²) in [5.74, 6) is -0.387. The lowest BCUT2D eigenvalue weighted by Crippen LogP contribution is -2.51. The third-order valence-corrected chi connectivity index (χ3v) is 6.48. The Morgan fingerprint density at radius 1 is 0.892 bits per heavy atom. The van der Waals surface area contributed by atoms with E-state index in [1.807, 2.05) is 77.1 Å². The highest BCUT2D eigenvalue weighted by molar-refractivity contribution is 5.94. The summed E-state index contributed by atoms with van der Waals surface area (Å²) < 4.78 is 10.5. The molecule has 0 aromatic heterocycles. The first-order valence-electron chi connectivity index (χ1n) is 12.9. The average Bonchev–Trinajstić information content (AvgIpc) is 2.89. The van der Waals surface area contributed by atoms with Crippen molar-refractivity contribution in [2.75, 3.05) is 46.4 Å². The second kappa shape index (κ2) is 12.2. The zero-order chi connectivity index (χ0) is 27.2. The van der Waals surface area contributed by atoms with Gasteiger partial charge in [0.2, 0.25) is 0 Å². The van der Waals surface area contributed by atoms with E-state index in [0.717, 1.165) is 11.1 Å². The van der Waals surface area contributed by atoms with Crippen LogP contribution in [0.4, 0.5) is 4.79 Å². The summed E-state index contributed by atoms with van der Waals surface area (Å²) >= 11 is 0. The molecule has 1 aliphatic rings. The first-order chi connectivity index (χ1) is 17.6. The molecule has 37 heavy (non-hydrogen) atoms. The molecule has 2 aromatic carbocycles. The third-order valence-electron chi connectivity index (χ3n) is 6.48. The van der Waals surface area contributed by atoms with Crippen molar-refractivity contribution in [3.05, 3.63) is 70.8 Å². The topological polar surface area (TPSA) is 79.4 Å². The van der Waals surface area contributed by atoms with Gasteiger partial charge in [0.05, 0.1) is 18.7 Å². The summed E-state index contributed by atoms with van der Waals surface area (Å²) in [6.45, 7) is 13.2. The number of hydrogen-bond acceptors (Lipinski definition) is 6. The van der Waals surface area contributed by atoms with Gasteiger partial charge in [-0.05, 0) is 70.0 Å². The van der Waals surface area contributed by atoms with Gasteiger partial charge in [-0.3, -0.25) is 9.69 Å². The van der Waals surface area contributed by atoms with E-state index in [1.165, 1.54) is 7.11 Å². The van der Waals surface area contributed by atoms with Crippen LogP contribution in [0, 0.1) is 0 Å². The summed E-state index contributed by atoms with van der Waals surface area (Å²) in [5.41, 5.74) is 2.52. The van der Waals surface area contributed by atoms with Crippen LogP contribution in [0.5, 0.6) is 0 Å². The SMILES string of the molecule is CCN(CC)C(=O)c1ccc(C(c2cccc(C(=O)OC)c2)N2CCN(C(=O)OC(C)(C)C)CC2)cc1. The Bertz CT molecular complexity index is 1080. The molecule has 2 aromatic rings. The van der Waals surface area contributed by atoms with Gasteiger partial charge in [-0.25, -0.2) is 9.59 Å². The Morgan fingerprint density at radius 2 is 1.51 bits per heavy atom. The van der Waals surface area contributed by atoms with E-state index in [1.54, 1.807) is 15.9 Å². The molecule has 0 bridgehead atoms. The number of rotatable bonds is 7. The molecular formula is C29H39N3O5. The highest BCUT2D eigenvalue weighted by Gasteiger charge is 2.31. The van der Waals surface area contributed by atoms with Crippen molar-refractivity contribution in [2.45, 2.75) is 46.3 Å². The maximum Gasteiger partial charge on any atom is 0.410 e. The molecular weight excluding hydrogens is 470 g/mol. The number of hydrogen-bond donors (Lipinski definition) is 0. The Kier molecular flexibility index (Phi) is 9.32. The van der Waals surface area contributed by atoms with Crippen LogP contribution in [0.25, 0.3) is 0 Å². The molecule has 1 aliphatic heterocycles. The van der Waals surface area contributed by atoms with Gasteiger partial charge in [-0.15, -0.1) is 0 Å². The van der Waals surface area contributed by atoms with Crippen molar-refractivity contribution in [3.63, 3.8) is 0 Å². The highest BCUT2D eigenvalue weighted by Crippen LogP contribution is 2.31. The van der Waals surface area contributed by atoms with Crippen molar-refractivity contribution < 1.29 is 23.9 Å². The maximum atomic E-state index is 12.8. The van der Waals surface area contributed by atoms with Gasteiger partial charge in [-0.1, -0.05) is 24.3 Å². The van der Waals surface area contributed by atoms with Gasteiger partial charge in [-0.2, -0.15) is 0 Å². The number of carbonyl (C=O) groups is 3. The van der Waals surface area contributed by atoms with E-state index in [9.17, 15) is 14.4 Å². The average molecular weight is 510 g/mol. The molecule has 1 fully saturated rings. The lowest BCUT2D eigenvalue weighted by atomic mass is 9.94. The lowest BCUT2D eigenvalue weighted by molar-refractivity contribution is 0.0119. The normalized spacial score (nSPS) is 15.1. The molecule has 200 valence electrons. The molecule has 0 saturated carbocycles. The minimum Gasteiger partial charge on any atom is -0.465 e. The van der Waals surface area contributed by atoms with E-state index in [4.69, 9.17) is 9.47 Å². The highest BCUT2D eigenvalue weighted by atomic mass is 16.6. The maximum absolute atomic E-state index is 12.8. The van der Waals surface area contributed by atoms with Gasteiger partial charge < -0.3 is 19.3 Å². The molecule has 0 N–H and O–H groups in total. The number of ether oxygens (including phenoxy) is 2. The molecule has 1 saturated heterocycles. The molecule has 0 aliphatic carbocycles. The van der Waals surface area contributed by atoms with E-state index >= 15 is 0 Å². The minimum absolute atomic E-state index is 0.00626. The Labute approximate surface area is 220 Å². The first kappa shape index (κ1) is 28.2. The fraction of sp³-hybridized carbons (Fsp3) is 0.483. The second-order valence-corrected chi connectivity index (χ2v) is 10.1. The second-order valence-electron chi connectivity index (χ2n) is 10.1. The van der Waals surface area contributed by atoms with Crippen LogP contribution in [0.2, 0.25) is 0 Å². The molecule has 0 radical (unpaired) electrons. The van der Waals surface area contributed by atoms with Crippen molar-refractivity contribution in [2.24, 2.45) is 0 Å². The standard InChI is InChI=1S/C29H39N3O5/c1-7-30(8-2)26(33)22-14-12-21(13-15-22)25(23-10-9-11-24(20-23)27(34)36-6)31-16-18-32(19-17-31)28(35)37-29(3,4)5/h9-15,20,25H,7-8,16-19H2,1-6H3. The summed E-state index contributed by atoms with van der Waals surface area (Å²) in [5, 5.41) is 0. The van der Waals surface area contributed by atoms with Crippen LogP contribution < -0.4 is 0 Å². The van der Waals surface area contributed by atoms with Gasteiger partial charge in [0.25, 0.3) is 5.91 Å². The first-order valence-corrected chi connectivity index (χ1v) is 12.9. The van der Waals surface area contributed by atoms with Gasteiger partial charge in [0, 0.05) is 44.8 Å². The largest absolute Gasteiger partial charge is 0.465 e. The summed E-state index contributed by atoms with van der Waals surface area (Å²) in [6.07, 6.45) is -0.310. The number of esters is 1. The van der Waals surface area contributed by atoms with Crippen LogP contribution in [-0.2, 0) is 9.47 Å². The Hall–Kier alpha value is -3.39. The van der Waals surface area contributed by atoms with Gasteiger partial charge in [0.15, 0.2) is 0 Å². The Morgan fingerprint density at radius 3 is 2.05 bits per heavy atom. The molecule has 2 amide bonds. The van der Waals surface area contributed by atoms with Gasteiger partial charge >= 0.3 is 12.1 Å². The number of amides is 2. The number of methoxy groups -OCH3 is 1. The van der Waals surface area contributed by atoms with Gasteiger partial charge in [0.1, 0.15) is 5.60 Å². The van der Waals surface area contributed by atoms with Crippen molar-refractivity contribution in [3.8, 4) is 0 Å². The quantitative estimate of drug-likeness (QED) is 0.508. The van der Waals surface area contributed by atoms with E-state index in [2.05, 4.69) is 4.90 Å². The van der Waals surface area contributed by atoms with Crippen molar-refractivity contribution in [1.29, 1.82) is 0 Å². The lowest BCUT2D eigenvalue weighted by Gasteiger charge is -2.40. The predicted octanol–water partition coefficient (Wildman–Crippen LogP) is 4.60. The molecule has 8 heteroatoms. The zero-order valence-corrected chi connectivity index (χ0v) is 22.8. The van der Waals surface area contributed by atoms with Crippen molar-refractivity contribution in [1.82, 2.24) is 14.7 Å². The Balaban J connectivity index is 1.90. The minimum atomic E-state index is -0.546. The van der Waals surface area contributed by atoms with Crippen LogP contribution in [0.15, 0.2) is 48.5 Å². The van der Waals surface area contributed by atoms with Crippen LogP contribution in [-0.4, -0.2) is 84.6 Å². The molecule has 8 nitrogen and oxygen atoms in total. The predicted molar refractivity (Wildman–Crippen MR) is 143 cm³/mol. The molecule has 1 heterocycles. The molecule has 3 rings (SSSR count). The van der Waals surface area contributed by atoms with Crippen LogP contribution >= 0.6 is 0 Å². The number of nitrogens with zero attached hydrogens (tertiary/aromatic N) is 3. The number of piperazine rings is 1. The monoisotopic (exact) mass is 509 g/mol. The summed E-state index contributed by atoms with van der Waals surface area (Å²) in [7, 11) is 1.37. The summed E-state index contributed by atoms with van der Waals surface area (Å²) in [6, 6.07) is 15.0. The number of benzene rings is 2. The molecule has 1 unspecified atom stereocenters. The van der Waals surface area contributed by atoms with Crippen LogP contribution in [0.1, 0.15) is 72.5 Å². The van der Waals surface area contributed by atoms with E-state index in [-0.39, 0.29) is 18.0 Å². The fourth-order valence-corrected chi connectivity index (χ4v) is 4.56. The van der Waals surface area contributed by atoms with E-state index < -0.39 is 11.6 Å². The van der Waals surface area contributed by atoms with Crippen LogP contribution in [0.3, 0.4) is 0 Å². The fourth-order valence-electron chi connectivity index (χ4n) is 4.56. The van der Waals surface area contributed by atoms with E-state index in [0.29, 0.717) is 50.4 Å². The summed E-state index contributed by atoms with van der Waals surface area (Å²) in [4.78, 5) is 43.5. The molecule has 1 atom stereocenters. The third kappa shape index (κ3) is 7.10. The molecule has 0 spiro atoms. The van der Waals surface area contributed by atoms with Crippen molar-refractivity contribution >= 4 is 18.0 Å².